The molecule has 3 atom stereocenters. The van der Waals surface area contributed by atoms with Gasteiger partial charge in [0.1, 0.15) is 5.75 Å². The molecule has 1 aliphatic rings. The molecule has 2 N–H and O–H groups in total. The van der Waals surface area contributed by atoms with Crippen molar-refractivity contribution in [2.45, 2.75) is 45.7 Å². The average molecular weight is 432 g/mol. The molecule has 0 aliphatic carbocycles. The van der Waals surface area contributed by atoms with Gasteiger partial charge in [-0.1, -0.05) is 13.8 Å². The minimum Gasteiger partial charge on any atom is -0.479 e. The highest BCUT2D eigenvalue weighted by atomic mass is 19.4. The zero-order valence-corrected chi connectivity index (χ0v) is 17.1. The van der Waals surface area contributed by atoms with Crippen LogP contribution in [-0.4, -0.2) is 65.1 Å². The monoisotopic (exact) mass is 432 g/mol. The highest BCUT2D eigenvalue weighted by molar-refractivity contribution is 5.86. The fourth-order valence-electron chi connectivity index (χ4n) is 3.64. The van der Waals surface area contributed by atoms with Gasteiger partial charge in [-0.25, -0.2) is 4.79 Å². The third-order valence-corrected chi connectivity index (χ3v) is 5.02. The molecule has 0 aromatic heterocycles. The lowest BCUT2D eigenvalue weighted by Crippen LogP contribution is -2.57. The van der Waals surface area contributed by atoms with Crippen LogP contribution in [0.3, 0.4) is 0 Å². The molecular weight excluding hydrogens is 405 g/mol. The van der Waals surface area contributed by atoms with Gasteiger partial charge < -0.3 is 24.7 Å². The van der Waals surface area contributed by atoms with Gasteiger partial charge in [-0.3, -0.25) is 4.79 Å². The van der Waals surface area contributed by atoms with Crippen LogP contribution in [0.4, 0.5) is 18.9 Å². The minimum absolute atomic E-state index is 0.0296. The van der Waals surface area contributed by atoms with E-state index in [9.17, 15) is 27.9 Å². The van der Waals surface area contributed by atoms with Crippen LogP contribution in [0.2, 0.25) is 0 Å². The summed E-state index contributed by atoms with van der Waals surface area (Å²) < 4.78 is 40.7. The molecule has 0 radical (unpaired) electrons. The Labute approximate surface area is 173 Å². The number of nitrogens with zero attached hydrogens (tertiary/aromatic N) is 2. The van der Waals surface area contributed by atoms with Crippen molar-refractivity contribution in [1.82, 2.24) is 4.90 Å². The molecule has 2 rings (SSSR count). The highest BCUT2D eigenvalue weighted by Crippen LogP contribution is 2.28. The van der Waals surface area contributed by atoms with Crippen LogP contribution in [-0.2, 0) is 9.59 Å². The highest BCUT2D eigenvalue weighted by Gasteiger charge is 2.38. The normalized spacial score (nSPS) is 19.5. The number of aliphatic hydroxyl groups excluding tert-OH is 1. The number of rotatable bonds is 7. The summed E-state index contributed by atoms with van der Waals surface area (Å²) in [6.07, 6.45) is -6.28. The van der Waals surface area contributed by atoms with Gasteiger partial charge in [-0.2, -0.15) is 0 Å². The molecule has 10 heteroatoms. The van der Waals surface area contributed by atoms with Crippen LogP contribution in [0, 0.1) is 11.8 Å². The molecule has 1 fully saturated rings. The first kappa shape index (κ1) is 23.8. The fourth-order valence-corrected chi connectivity index (χ4v) is 3.64. The number of anilines is 1. The Morgan fingerprint density at radius 3 is 2.27 bits per heavy atom. The van der Waals surface area contributed by atoms with E-state index in [1.807, 2.05) is 25.7 Å². The third-order valence-electron chi connectivity index (χ3n) is 5.02. The lowest BCUT2D eigenvalue weighted by molar-refractivity contribution is -0.274. The average Bonchev–Trinajstić information content (AvgIpc) is 2.64. The summed E-state index contributed by atoms with van der Waals surface area (Å²) in [5.41, 5.74) is 0.688. The van der Waals surface area contributed by atoms with Gasteiger partial charge in [-0.05, 0) is 43.5 Å². The summed E-state index contributed by atoms with van der Waals surface area (Å²) in [6, 6.07) is 5.22. The van der Waals surface area contributed by atoms with Crippen molar-refractivity contribution in [3.8, 4) is 5.75 Å². The van der Waals surface area contributed by atoms with Crippen molar-refractivity contribution in [1.29, 1.82) is 0 Å². The number of ether oxygens (including phenoxy) is 1. The van der Waals surface area contributed by atoms with Gasteiger partial charge in [0.2, 0.25) is 5.91 Å². The summed E-state index contributed by atoms with van der Waals surface area (Å²) >= 11 is 0. The smallest absolute Gasteiger partial charge is 0.479 e. The second kappa shape index (κ2) is 9.55. The molecule has 1 aromatic carbocycles. The van der Waals surface area contributed by atoms with E-state index in [2.05, 4.69) is 4.74 Å². The SMILES string of the molecule is CC(C)C[C@H](C(=O)N1CCN(c2ccc(OC(F)(F)F)cc2)C[C@H]1C)[C@H](O)C(=O)O. The molecule has 168 valence electrons. The van der Waals surface area contributed by atoms with Crippen molar-refractivity contribution < 1.29 is 37.7 Å². The number of piperazine rings is 1. The molecular formula is C20H27F3N2O5. The Morgan fingerprint density at radius 1 is 1.20 bits per heavy atom. The van der Waals surface area contributed by atoms with E-state index in [-0.39, 0.29) is 24.1 Å². The number of carboxylic acids is 1. The maximum absolute atomic E-state index is 13.0. The summed E-state index contributed by atoms with van der Waals surface area (Å²) in [5.74, 6) is -3.15. The third kappa shape index (κ3) is 6.25. The Morgan fingerprint density at radius 2 is 1.80 bits per heavy atom. The standard InChI is InChI=1S/C20H27F3N2O5/c1-12(2)10-16(17(26)19(28)29)18(27)25-9-8-24(11-13(25)3)14-4-6-15(7-5-14)30-20(21,22)23/h4-7,12-13,16-17,26H,8-11H2,1-3H3,(H,28,29)/t13-,16+,17+/m1/s1. The van der Waals surface area contributed by atoms with E-state index in [0.717, 1.165) is 0 Å². The number of carboxylic acid groups (broad SMARTS) is 1. The number of amides is 1. The Hall–Kier alpha value is -2.49. The summed E-state index contributed by atoms with van der Waals surface area (Å²) in [5, 5.41) is 19.2. The quantitative estimate of drug-likeness (QED) is 0.689. The summed E-state index contributed by atoms with van der Waals surface area (Å²) in [4.78, 5) is 27.7. The zero-order valence-electron chi connectivity index (χ0n) is 17.1. The van der Waals surface area contributed by atoms with Gasteiger partial charge in [0.15, 0.2) is 6.10 Å². The zero-order chi connectivity index (χ0) is 22.6. The number of halogens is 3. The minimum atomic E-state index is -4.75. The first-order valence-electron chi connectivity index (χ1n) is 9.71. The van der Waals surface area contributed by atoms with Crippen molar-refractivity contribution in [3.05, 3.63) is 24.3 Å². The van der Waals surface area contributed by atoms with E-state index in [1.165, 1.54) is 24.3 Å². The van der Waals surface area contributed by atoms with Gasteiger partial charge in [0, 0.05) is 31.4 Å². The van der Waals surface area contributed by atoms with Crippen LogP contribution in [0.15, 0.2) is 24.3 Å². The number of aliphatic carboxylic acids is 1. The molecule has 1 saturated heterocycles. The van der Waals surface area contributed by atoms with Gasteiger partial charge in [0.25, 0.3) is 0 Å². The van der Waals surface area contributed by atoms with Crippen LogP contribution in [0.5, 0.6) is 5.75 Å². The topological polar surface area (TPSA) is 90.3 Å². The van der Waals surface area contributed by atoms with E-state index in [4.69, 9.17) is 5.11 Å². The molecule has 1 aliphatic heterocycles. The number of hydrogen-bond donors (Lipinski definition) is 2. The van der Waals surface area contributed by atoms with Crippen molar-refractivity contribution in [3.63, 3.8) is 0 Å². The fraction of sp³-hybridized carbons (Fsp3) is 0.600. The molecule has 7 nitrogen and oxygen atoms in total. The van der Waals surface area contributed by atoms with Gasteiger partial charge in [0.05, 0.1) is 5.92 Å². The van der Waals surface area contributed by atoms with E-state index < -0.39 is 30.3 Å². The molecule has 0 saturated carbocycles. The number of aliphatic hydroxyl groups is 1. The number of benzene rings is 1. The lowest BCUT2D eigenvalue weighted by atomic mass is 9.90. The lowest BCUT2D eigenvalue weighted by Gasteiger charge is -2.42. The Bertz CT molecular complexity index is 739. The van der Waals surface area contributed by atoms with E-state index in [0.29, 0.717) is 25.3 Å². The van der Waals surface area contributed by atoms with Gasteiger partial charge >= 0.3 is 12.3 Å². The first-order chi connectivity index (χ1) is 13.9. The van der Waals surface area contributed by atoms with Crippen molar-refractivity contribution in [2.24, 2.45) is 11.8 Å². The number of alkyl halides is 3. The van der Waals surface area contributed by atoms with E-state index >= 15 is 0 Å². The molecule has 1 heterocycles. The van der Waals surface area contributed by atoms with E-state index in [1.54, 1.807) is 4.90 Å². The Kier molecular flexibility index (Phi) is 7.57. The molecule has 0 spiro atoms. The summed E-state index contributed by atoms with van der Waals surface area (Å²) in [7, 11) is 0. The van der Waals surface area contributed by atoms with Crippen LogP contribution in [0.1, 0.15) is 27.2 Å². The first-order valence-corrected chi connectivity index (χ1v) is 9.71. The van der Waals surface area contributed by atoms with Crippen LogP contribution < -0.4 is 9.64 Å². The van der Waals surface area contributed by atoms with Crippen LogP contribution >= 0.6 is 0 Å². The predicted octanol–water partition coefficient (Wildman–Crippen LogP) is 2.73. The second-order valence-electron chi connectivity index (χ2n) is 7.89. The number of carbonyl (C=O) groups is 2. The Balaban J connectivity index is 2.06. The largest absolute Gasteiger partial charge is 0.573 e. The van der Waals surface area contributed by atoms with Crippen molar-refractivity contribution in [2.75, 3.05) is 24.5 Å². The maximum Gasteiger partial charge on any atom is 0.573 e. The number of hydrogen-bond acceptors (Lipinski definition) is 5. The number of carbonyl (C=O) groups excluding carboxylic acids is 1. The maximum atomic E-state index is 13.0. The van der Waals surface area contributed by atoms with Gasteiger partial charge in [-0.15, -0.1) is 13.2 Å². The molecule has 0 bridgehead atoms. The molecule has 1 aromatic rings. The molecule has 0 unspecified atom stereocenters. The van der Waals surface area contributed by atoms with Crippen LogP contribution in [0.25, 0.3) is 0 Å². The molecule has 30 heavy (non-hydrogen) atoms. The summed E-state index contributed by atoms with van der Waals surface area (Å²) in [6.45, 7) is 6.66. The predicted molar refractivity (Wildman–Crippen MR) is 103 cm³/mol. The van der Waals surface area contributed by atoms with Crippen molar-refractivity contribution >= 4 is 17.6 Å². The molecule has 1 amide bonds. The second-order valence-corrected chi connectivity index (χ2v) is 7.89.